The smallest absolute Gasteiger partial charge is 0.336 e. The molecule has 1 N–H and O–H groups in total. The minimum atomic E-state index is -1.18. The van der Waals surface area contributed by atoms with Crippen molar-refractivity contribution in [3.05, 3.63) is 59.0 Å². The maximum absolute atomic E-state index is 12.2. The topological polar surface area (TPSA) is 84.6 Å². The number of carboxylic acid groups (broad SMARTS) is 1. The SMILES string of the molecule is CC(=O)c1cc(C(=O)c2ccccc2C(=O)O)co1. The van der Waals surface area contributed by atoms with Crippen molar-refractivity contribution in [3.8, 4) is 0 Å². The molecule has 1 aromatic carbocycles. The number of Topliss-reactive ketones (excluding diaryl/α,β-unsaturated/α-hetero) is 1. The molecule has 0 fully saturated rings. The number of carbonyl (C=O) groups excluding carboxylic acids is 2. The van der Waals surface area contributed by atoms with Gasteiger partial charge >= 0.3 is 5.97 Å². The van der Waals surface area contributed by atoms with Crippen LogP contribution in [0.15, 0.2) is 41.0 Å². The number of carboxylic acids is 1. The molecule has 2 rings (SSSR count). The highest BCUT2D eigenvalue weighted by atomic mass is 16.4. The molecule has 1 heterocycles. The van der Waals surface area contributed by atoms with Crippen LogP contribution in [-0.2, 0) is 0 Å². The molecule has 0 unspecified atom stereocenters. The third-order valence-electron chi connectivity index (χ3n) is 2.61. The standard InChI is InChI=1S/C14H10O5/c1-8(15)12-6-9(7-19-12)13(16)10-4-2-3-5-11(10)14(17)18/h2-7H,1H3,(H,17,18). The second-order valence-corrected chi connectivity index (χ2v) is 3.94. The molecule has 0 bridgehead atoms. The van der Waals surface area contributed by atoms with Crippen LogP contribution >= 0.6 is 0 Å². The zero-order valence-electron chi connectivity index (χ0n) is 10.0. The Bertz CT molecular complexity index is 666. The first-order chi connectivity index (χ1) is 9.00. The third kappa shape index (κ3) is 2.44. The van der Waals surface area contributed by atoms with E-state index in [1.165, 1.54) is 31.2 Å². The van der Waals surface area contributed by atoms with Gasteiger partial charge in [0.1, 0.15) is 6.26 Å². The van der Waals surface area contributed by atoms with Crippen LogP contribution in [0.2, 0.25) is 0 Å². The quantitative estimate of drug-likeness (QED) is 0.851. The van der Waals surface area contributed by atoms with E-state index in [1.54, 1.807) is 6.07 Å². The summed E-state index contributed by atoms with van der Waals surface area (Å²) in [5, 5.41) is 9.03. The molecule has 96 valence electrons. The molecule has 5 nitrogen and oxygen atoms in total. The van der Waals surface area contributed by atoms with Crippen LogP contribution in [-0.4, -0.2) is 22.6 Å². The zero-order valence-corrected chi connectivity index (χ0v) is 10.0. The van der Waals surface area contributed by atoms with E-state index < -0.39 is 11.8 Å². The molecular formula is C14H10O5. The van der Waals surface area contributed by atoms with Crippen LogP contribution in [0.5, 0.6) is 0 Å². The Morgan fingerprint density at radius 1 is 1.11 bits per heavy atom. The van der Waals surface area contributed by atoms with Gasteiger partial charge in [0.05, 0.1) is 11.1 Å². The zero-order chi connectivity index (χ0) is 14.0. The van der Waals surface area contributed by atoms with Crippen LogP contribution in [0, 0.1) is 0 Å². The maximum Gasteiger partial charge on any atom is 0.336 e. The van der Waals surface area contributed by atoms with Gasteiger partial charge < -0.3 is 9.52 Å². The van der Waals surface area contributed by atoms with Gasteiger partial charge in [-0.05, 0) is 12.1 Å². The van der Waals surface area contributed by atoms with E-state index in [0.29, 0.717) is 0 Å². The molecule has 0 aliphatic rings. The van der Waals surface area contributed by atoms with Gasteiger partial charge in [-0.15, -0.1) is 0 Å². The van der Waals surface area contributed by atoms with Crippen LogP contribution in [0.25, 0.3) is 0 Å². The van der Waals surface area contributed by atoms with Crippen LogP contribution < -0.4 is 0 Å². The highest BCUT2D eigenvalue weighted by molar-refractivity contribution is 6.14. The highest BCUT2D eigenvalue weighted by Crippen LogP contribution is 2.17. The van der Waals surface area contributed by atoms with E-state index in [0.717, 1.165) is 6.26 Å². The Labute approximate surface area is 108 Å². The van der Waals surface area contributed by atoms with E-state index in [9.17, 15) is 14.4 Å². The molecule has 19 heavy (non-hydrogen) atoms. The first-order valence-electron chi connectivity index (χ1n) is 5.47. The second-order valence-electron chi connectivity index (χ2n) is 3.94. The summed E-state index contributed by atoms with van der Waals surface area (Å²) in [6.07, 6.45) is 1.15. The Kier molecular flexibility index (Phi) is 3.29. The lowest BCUT2D eigenvalue weighted by atomic mass is 10.00. The minimum absolute atomic E-state index is 0.0610. The lowest BCUT2D eigenvalue weighted by Crippen LogP contribution is -2.08. The van der Waals surface area contributed by atoms with E-state index >= 15 is 0 Å². The summed E-state index contributed by atoms with van der Waals surface area (Å²) in [6.45, 7) is 1.32. The minimum Gasteiger partial charge on any atom is -0.478 e. The summed E-state index contributed by atoms with van der Waals surface area (Å²) < 4.78 is 4.95. The fourth-order valence-electron chi connectivity index (χ4n) is 1.66. The molecule has 0 radical (unpaired) electrons. The van der Waals surface area contributed by atoms with Crippen LogP contribution in [0.4, 0.5) is 0 Å². The number of furan rings is 1. The van der Waals surface area contributed by atoms with Gasteiger partial charge in [-0.1, -0.05) is 18.2 Å². The molecule has 5 heteroatoms. The molecule has 0 aliphatic carbocycles. The van der Waals surface area contributed by atoms with Gasteiger partial charge in [0.25, 0.3) is 0 Å². The molecule has 0 amide bonds. The Balaban J connectivity index is 2.44. The van der Waals surface area contributed by atoms with Crippen molar-refractivity contribution in [1.29, 1.82) is 0 Å². The predicted molar refractivity (Wildman–Crippen MR) is 65.5 cm³/mol. The van der Waals surface area contributed by atoms with E-state index in [2.05, 4.69) is 0 Å². The van der Waals surface area contributed by atoms with Crippen molar-refractivity contribution >= 4 is 17.5 Å². The average Bonchev–Trinajstić information content (AvgIpc) is 2.87. The van der Waals surface area contributed by atoms with Crippen molar-refractivity contribution < 1.29 is 23.9 Å². The number of aromatic carboxylic acids is 1. The summed E-state index contributed by atoms with van der Waals surface area (Å²) in [6, 6.07) is 7.19. The number of rotatable bonds is 4. The lowest BCUT2D eigenvalue weighted by Gasteiger charge is -2.02. The molecule has 1 aromatic heterocycles. The van der Waals surface area contributed by atoms with Crippen LogP contribution in [0.1, 0.15) is 43.8 Å². The summed E-state index contributed by atoms with van der Waals surface area (Å²) in [5.74, 6) is -1.91. The molecule has 0 saturated heterocycles. The number of ketones is 2. The maximum atomic E-state index is 12.2. The van der Waals surface area contributed by atoms with Gasteiger partial charge in [-0.25, -0.2) is 4.79 Å². The normalized spacial score (nSPS) is 10.2. The fourth-order valence-corrected chi connectivity index (χ4v) is 1.66. The number of hydrogen-bond donors (Lipinski definition) is 1. The van der Waals surface area contributed by atoms with Gasteiger partial charge in [-0.2, -0.15) is 0 Å². The number of carbonyl (C=O) groups is 3. The van der Waals surface area contributed by atoms with Crippen molar-refractivity contribution in [3.63, 3.8) is 0 Å². The summed E-state index contributed by atoms with van der Waals surface area (Å²) in [4.78, 5) is 34.3. The summed E-state index contributed by atoms with van der Waals surface area (Å²) in [7, 11) is 0. The molecule has 0 saturated carbocycles. The monoisotopic (exact) mass is 258 g/mol. The van der Waals surface area contributed by atoms with Gasteiger partial charge in [-0.3, -0.25) is 9.59 Å². The Hall–Kier alpha value is -2.69. The van der Waals surface area contributed by atoms with E-state index in [4.69, 9.17) is 9.52 Å². The summed E-state index contributed by atoms with van der Waals surface area (Å²) in [5.41, 5.74) is 0.128. The van der Waals surface area contributed by atoms with Crippen LogP contribution in [0.3, 0.4) is 0 Å². The highest BCUT2D eigenvalue weighted by Gasteiger charge is 2.19. The summed E-state index contributed by atoms with van der Waals surface area (Å²) >= 11 is 0. The van der Waals surface area contributed by atoms with Gasteiger partial charge in [0.2, 0.25) is 0 Å². The van der Waals surface area contributed by atoms with Crippen molar-refractivity contribution in [1.82, 2.24) is 0 Å². The van der Waals surface area contributed by atoms with Crippen molar-refractivity contribution in [2.75, 3.05) is 0 Å². The largest absolute Gasteiger partial charge is 0.478 e. The molecule has 0 aliphatic heterocycles. The Morgan fingerprint density at radius 3 is 2.26 bits per heavy atom. The van der Waals surface area contributed by atoms with Crippen molar-refractivity contribution in [2.45, 2.75) is 6.92 Å². The molecule has 2 aromatic rings. The van der Waals surface area contributed by atoms with Gasteiger partial charge in [0, 0.05) is 12.5 Å². The van der Waals surface area contributed by atoms with Crippen molar-refractivity contribution in [2.24, 2.45) is 0 Å². The fraction of sp³-hybridized carbons (Fsp3) is 0.0714. The lowest BCUT2D eigenvalue weighted by molar-refractivity contribution is 0.0692. The predicted octanol–water partition coefficient (Wildman–Crippen LogP) is 2.41. The van der Waals surface area contributed by atoms with E-state index in [1.807, 2.05) is 0 Å². The average molecular weight is 258 g/mol. The number of benzene rings is 1. The van der Waals surface area contributed by atoms with Gasteiger partial charge in [0.15, 0.2) is 17.3 Å². The number of hydrogen-bond acceptors (Lipinski definition) is 4. The Morgan fingerprint density at radius 2 is 1.74 bits per heavy atom. The first-order valence-corrected chi connectivity index (χ1v) is 5.47. The first kappa shape index (κ1) is 12.8. The van der Waals surface area contributed by atoms with E-state index in [-0.39, 0.29) is 28.2 Å². The molecular weight excluding hydrogens is 248 g/mol. The molecule has 0 atom stereocenters. The molecule has 0 spiro atoms. The second kappa shape index (κ2) is 4.89. The third-order valence-corrected chi connectivity index (χ3v) is 2.61.